The number of para-hydroxylation sites is 1. The summed E-state index contributed by atoms with van der Waals surface area (Å²) in [6.45, 7) is 0. The summed E-state index contributed by atoms with van der Waals surface area (Å²) >= 11 is 0. The van der Waals surface area contributed by atoms with Crippen LogP contribution in [0.3, 0.4) is 0 Å². The van der Waals surface area contributed by atoms with Crippen LogP contribution in [0.1, 0.15) is 0 Å². The van der Waals surface area contributed by atoms with Crippen LogP contribution in [-0.4, -0.2) is 14.2 Å². The third-order valence-electron chi connectivity index (χ3n) is 1.87. The molecule has 1 aromatic heterocycles. The van der Waals surface area contributed by atoms with Crippen molar-refractivity contribution in [2.75, 3.05) is 14.2 Å². The summed E-state index contributed by atoms with van der Waals surface area (Å²) in [7, 11) is 1.69. The summed E-state index contributed by atoms with van der Waals surface area (Å²) < 4.78 is 20.7. The van der Waals surface area contributed by atoms with Crippen LogP contribution in [0.25, 0.3) is 11.0 Å². The van der Waals surface area contributed by atoms with Gasteiger partial charge in [0.15, 0.2) is 0 Å². The predicted octanol–water partition coefficient (Wildman–Crippen LogP) is 3.33. The number of hydrogen-bond donors (Lipinski definition) is 0. The maximum Gasteiger partial charge on any atom is 0.399 e. The van der Waals surface area contributed by atoms with Crippen molar-refractivity contribution in [2.45, 2.75) is 0 Å². The molecule has 1 aromatic carbocycles. The molecule has 0 aliphatic rings. The maximum absolute atomic E-state index is 5.44. The average Bonchev–Trinajstić information content (AvgIpc) is 2.68. The quantitative estimate of drug-likeness (QED) is 0.749. The zero-order chi connectivity index (χ0) is 10.7. The Morgan fingerprint density at radius 1 is 1.13 bits per heavy atom. The molecule has 0 amide bonds. The van der Waals surface area contributed by atoms with Crippen molar-refractivity contribution < 1.29 is 18.0 Å². The van der Waals surface area contributed by atoms with Gasteiger partial charge in [-0.05, 0) is 6.07 Å². The van der Waals surface area contributed by atoms with Crippen molar-refractivity contribution in [3.05, 3.63) is 30.3 Å². The Morgan fingerprint density at radius 3 is 2.53 bits per heavy atom. The molecule has 5 heteroatoms. The smallest absolute Gasteiger partial charge is 0.399 e. The van der Waals surface area contributed by atoms with Gasteiger partial charge < -0.3 is 18.0 Å². The van der Waals surface area contributed by atoms with Crippen molar-refractivity contribution in [1.29, 1.82) is 0 Å². The zero-order valence-electron chi connectivity index (χ0n) is 8.47. The lowest BCUT2D eigenvalue weighted by Gasteiger charge is -2.08. The molecule has 2 rings (SSSR count). The van der Waals surface area contributed by atoms with Crippen molar-refractivity contribution in [3.8, 4) is 5.95 Å². The van der Waals surface area contributed by atoms with E-state index in [0.29, 0.717) is 5.95 Å². The molecule has 0 fully saturated rings. The SMILES string of the molecule is COP(OC)Oc1cc2ccccc2o1. The lowest BCUT2D eigenvalue weighted by atomic mass is 10.3. The van der Waals surface area contributed by atoms with E-state index < -0.39 is 8.60 Å². The van der Waals surface area contributed by atoms with E-state index in [1.807, 2.05) is 30.3 Å². The molecule has 80 valence electrons. The van der Waals surface area contributed by atoms with Gasteiger partial charge in [0.25, 0.3) is 5.95 Å². The number of hydrogen-bond acceptors (Lipinski definition) is 4. The van der Waals surface area contributed by atoms with E-state index in [0.717, 1.165) is 11.0 Å². The van der Waals surface area contributed by atoms with Crippen LogP contribution in [0.15, 0.2) is 34.7 Å². The molecule has 0 radical (unpaired) electrons. The van der Waals surface area contributed by atoms with Gasteiger partial charge in [0.2, 0.25) is 0 Å². The largest absolute Gasteiger partial charge is 0.425 e. The number of fused-ring (bicyclic) bond motifs is 1. The average molecular weight is 226 g/mol. The summed E-state index contributed by atoms with van der Waals surface area (Å²) in [5.74, 6) is 0.408. The van der Waals surface area contributed by atoms with Gasteiger partial charge in [-0.3, -0.25) is 0 Å². The molecule has 0 aliphatic heterocycles. The molecule has 0 aliphatic carbocycles. The Hall–Kier alpha value is -1.09. The number of furan rings is 1. The summed E-state index contributed by atoms with van der Waals surface area (Å²) in [4.78, 5) is 0. The van der Waals surface area contributed by atoms with Crippen LogP contribution in [0.2, 0.25) is 0 Å². The van der Waals surface area contributed by atoms with E-state index in [4.69, 9.17) is 18.0 Å². The van der Waals surface area contributed by atoms with Crippen LogP contribution < -0.4 is 4.52 Å². The van der Waals surface area contributed by atoms with Gasteiger partial charge >= 0.3 is 8.60 Å². The van der Waals surface area contributed by atoms with Gasteiger partial charge in [-0.25, -0.2) is 0 Å². The van der Waals surface area contributed by atoms with E-state index in [9.17, 15) is 0 Å². The van der Waals surface area contributed by atoms with Crippen LogP contribution in [0.5, 0.6) is 5.95 Å². The second-order valence-electron chi connectivity index (χ2n) is 2.78. The standard InChI is InChI=1S/C10H11O4P/c1-11-15(12-2)14-10-7-8-5-3-4-6-9(8)13-10/h3-7H,1-2H3. The minimum Gasteiger partial charge on any atom is -0.425 e. The fraction of sp³-hybridized carbons (Fsp3) is 0.200. The fourth-order valence-corrected chi connectivity index (χ4v) is 1.76. The highest BCUT2D eigenvalue weighted by atomic mass is 31.2. The number of benzene rings is 1. The normalized spacial score (nSPS) is 11.1. The molecule has 15 heavy (non-hydrogen) atoms. The van der Waals surface area contributed by atoms with Crippen LogP contribution in [0.4, 0.5) is 0 Å². The summed E-state index contributed by atoms with van der Waals surface area (Å²) in [5, 5.41) is 0.995. The van der Waals surface area contributed by atoms with E-state index in [2.05, 4.69) is 0 Å². The topological polar surface area (TPSA) is 40.8 Å². The highest BCUT2D eigenvalue weighted by molar-refractivity contribution is 7.42. The van der Waals surface area contributed by atoms with Crippen LogP contribution in [-0.2, 0) is 9.05 Å². The lowest BCUT2D eigenvalue weighted by Crippen LogP contribution is -1.89. The molecular formula is C10H11O4P. The van der Waals surface area contributed by atoms with Gasteiger partial charge in [-0.1, -0.05) is 18.2 Å². The van der Waals surface area contributed by atoms with E-state index in [1.165, 1.54) is 14.2 Å². The highest BCUT2D eigenvalue weighted by Crippen LogP contribution is 2.40. The molecule has 4 nitrogen and oxygen atoms in total. The van der Waals surface area contributed by atoms with Crippen LogP contribution in [0, 0.1) is 0 Å². The van der Waals surface area contributed by atoms with Gasteiger partial charge in [-0.2, -0.15) is 0 Å². The Kier molecular flexibility index (Phi) is 3.21. The molecule has 2 aromatic rings. The molecule has 0 N–H and O–H groups in total. The van der Waals surface area contributed by atoms with E-state index >= 15 is 0 Å². The van der Waals surface area contributed by atoms with Crippen molar-refractivity contribution in [3.63, 3.8) is 0 Å². The zero-order valence-corrected chi connectivity index (χ0v) is 9.36. The first-order valence-electron chi connectivity index (χ1n) is 4.38. The van der Waals surface area contributed by atoms with Gasteiger partial charge in [-0.15, -0.1) is 0 Å². The van der Waals surface area contributed by atoms with Crippen molar-refractivity contribution in [1.82, 2.24) is 0 Å². The molecular weight excluding hydrogens is 215 g/mol. The first-order valence-corrected chi connectivity index (χ1v) is 5.48. The Bertz CT molecular complexity index is 403. The Balaban J connectivity index is 2.21. The third-order valence-corrected chi connectivity index (χ3v) is 2.79. The molecule has 0 unspecified atom stereocenters. The van der Waals surface area contributed by atoms with Gasteiger partial charge in [0, 0.05) is 25.7 Å². The molecule has 0 spiro atoms. The summed E-state index contributed by atoms with van der Waals surface area (Å²) in [6.07, 6.45) is 0. The number of rotatable bonds is 4. The maximum atomic E-state index is 5.44. The summed E-state index contributed by atoms with van der Waals surface area (Å²) in [6, 6.07) is 9.49. The van der Waals surface area contributed by atoms with Crippen LogP contribution >= 0.6 is 8.60 Å². The first kappa shape index (κ1) is 10.4. The lowest BCUT2D eigenvalue weighted by molar-refractivity contribution is 0.257. The first-order chi connectivity index (χ1) is 7.33. The molecule has 0 saturated heterocycles. The molecule has 0 saturated carbocycles. The van der Waals surface area contributed by atoms with Crippen molar-refractivity contribution >= 4 is 19.6 Å². The second kappa shape index (κ2) is 4.62. The van der Waals surface area contributed by atoms with Gasteiger partial charge in [0.05, 0.1) is 0 Å². The minimum atomic E-state index is -1.36. The third kappa shape index (κ3) is 2.29. The monoisotopic (exact) mass is 226 g/mol. The Labute approximate surface area is 88.7 Å². The highest BCUT2D eigenvalue weighted by Gasteiger charge is 2.13. The second-order valence-corrected chi connectivity index (χ2v) is 4.14. The molecule has 1 heterocycles. The fourth-order valence-electron chi connectivity index (χ4n) is 1.23. The summed E-state index contributed by atoms with van der Waals surface area (Å²) in [5.41, 5.74) is 0.787. The Morgan fingerprint density at radius 2 is 1.87 bits per heavy atom. The molecule has 0 bridgehead atoms. The predicted molar refractivity (Wildman–Crippen MR) is 57.8 cm³/mol. The minimum absolute atomic E-state index is 0.408. The van der Waals surface area contributed by atoms with Crippen molar-refractivity contribution in [2.24, 2.45) is 0 Å². The van der Waals surface area contributed by atoms with Gasteiger partial charge in [0.1, 0.15) is 5.58 Å². The van der Waals surface area contributed by atoms with E-state index in [-0.39, 0.29) is 0 Å². The molecule has 0 atom stereocenters. The van der Waals surface area contributed by atoms with E-state index in [1.54, 1.807) is 0 Å².